The third kappa shape index (κ3) is 2.45. The van der Waals surface area contributed by atoms with E-state index in [0.717, 1.165) is 17.2 Å². The minimum absolute atomic E-state index is 0.00463. The number of aliphatic hydroxyl groups excluding tert-OH is 1. The van der Waals surface area contributed by atoms with Gasteiger partial charge >= 0.3 is 0 Å². The zero-order chi connectivity index (χ0) is 10.7. The van der Waals surface area contributed by atoms with Crippen LogP contribution in [0.4, 0.5) is 5.82 Å². The molecule has 4 nitrogen and oxygen atoms in total. The van der Waals surface area contributed by atoms with Gasteiger partial charge in [0.2, 0.25) is 0 Å². The molecule has 1 fully saturated rings. The van der Waals surface area contributed by atoms with E-state index in [4.69, 9.17) is 5.11 Å². The van der Waals surface area contributed by atoms with Crippen LogP contribution in [-0.4, -0.2) is 21.1 Å². The molecule has 15 heavy (non-hydrogen) atoms. The van der Waals surface area contributed by atoms with Gasteiger partial charge in [0, 0.05) is 17.8 Å². The predicted octanol–water partition coefficient (Wildman–Crippen LogP) is 1.63. The Hall–Kier alpha value is -1.16. The summed E-state index contributed by atoms with van der Waals surface area (Å²) in [6, 6.07) is 0.518. The van der Waals surface area contributed by atoms with E-state index in [1.807, 2.05) is 6.92 Å². The maximum absolute atomic E-state index is 9.16. The van der Waals surface area contributed by atoms with Crippen molar-refractivity contribution in [2.24, 2.45) is 0 Å². The Bertz CT molecular complexity index is 335. The Morgan fingerprint density at radius 3 is 2.87 bits per heavy atom. The molecule has 1 aromatic rings. The first-order valence-electron chi connectivity index (χ1n) is 5.49. The van der Waals surface area contributed by atoms with E-state index in [9.17, 15) is 0 Å². The van der Waals surface area contributed by atoms with Gasteiger partial charge in [-0.25, -0.2) is 9.97 Å². The van der Waals surface area contributed by atoms with Gasteiger partial charge < -0.3 is 10.4 Å². The van der Waals surface area contributed by atoms with E-state index in [0.29, 0.717) is 6.04 Å². The van der Waals surface area contributed by atoms with Crippen molar-refractivity contribution in [3.05, 3.63) is 17.6 Å². The van der Waals surface area contributed by atoms with Gasteiger partial charge in [-0.1, -0.05) is 12.8 Å². The number of aromatic nitrogens is 2. The van der Waals surface area contributed by atoms with Gasteiger partial charge in [-0.15, -0.1) is 0 Å². The number of hydrogen-bond acceptors (Lipinski definition) is 4. The van der Waals surface area contributed by atoms with Gasteiger partial charge in [-0.3, -0.25) is 0 Å². The standard InChI is InChI=1S/C11H17N3O/c1-8-12-6-9(7-15)11(13-8)14-10-4-2-3-5-10/h6,10,15H,2-5,7H2,1H3,(H,12,13,14). The second-order valence-electron chi connectivity index (χ2n) is 4.07. The number of aryl methyl sites for hydroxylation is 1. The fourth-order valence-electron chi connectivity index (χ4n) is 2.00. The lowest BCUT2D eigenvalue weighted by Gasteiger charge is -2.15. The summed E-state index contributed by atoms with van der Waals surface area (Å²) in [5, 5.41) is 12.6. The van der Waals surface area contributed by atoms with Crippen molar-refractivity contribution in [1.29, 1.82) is 0 Å². The van der Waals surface area contributed by atoms with Crippen LogP contribution in [0.25, 0.3) is 0 Å². The predicted molar refractivity (Wildman–Crippen MR) is 58.6 cm³/mol. The van der Waals surface area contributed by atoms with E-state index in [2.05, 4.69) is 15.3 Å². The molecular weight excluding hydrogens is 190 g/mol. The van der Waals surface area contributed by atoms with Crippen molar-refractivity contribution >= 4 is 5.82 Å². The molecule has 0 aliphatic heterocycles. The van der Waals surface area contributed by atoms with E-state index in [-0.39, 0.29) is 6.61 Å². The molecule has 1 aliphatic carbocycles. The van der Waals surface area contributed by atoms with Crippen LogP contribution in [0.15, 0.2) is 6.20 Å². The van der Waals surface area contributed by atoms with Gasteiger partial charge in [0.05, 0.1) is 6.61 Å². The van der Waals surface area contributed by atoms with E-state index >= 15 is 0 Å². The van der Waals surface area contributed by atoms with E-state index < -0.39 is 0 Å². The van der Waals surface area contributed by atoms with Crippen molar-refractivity contribution in [1.82, 2.24) is 9.97 Å². The lowest BCUT2D eigenvalue weighted by Crippen LogP contribution is -2.17. The Labute approximate surface area is 89.8 Å². The fraction of sp³-hybridized carbons (Fsp3) is 0.636. The van der Waals surface area contributed by atoms with Crippen molar-refractivity contribution < 1.29 is 5.11 Å². The first kappa shape index (κ1) is 10.4. The molecule has 2 rings (SSSR count). The summed E-state index contributed by atoms with van der Waals surface area (Å²) < 4.78 is 0. The molecule has 0 bridgehead atoms. The summed E-state index contributed by atoms with van der Waals surface area (Å²) in [7, 11) is 0. The highest BCUT2D eigenvalue weighted by molar-refractivity contribution is 5.43. The quantitative estimate of drug-likeness (QED) is 0.791. The lowest BCUT2D eigenvalue weighted by molar-refractivity contribution is 0.281. The fourth-order valence-corrected chi connectivity index (χ4v) is 2.00. The molecule has 0 aromatic carbocycles. The Morgan fingerprint density at radius 1 is 1.47 bits per heavy atom. The van der Waals surface area contributed by atoms with Gasteiger partial charge in [0.1, 0.15) is 11.6 Å². The molecule has 0 atom stereocenters. The number of hydrogen-bond donors (Lipinski definition) is 2. The topological polar surface area (TPSA) is 58.0 Å². The SMILES string of the molecule is Cc1ncc(CO)c(NC2CCCC2)n1. The van der Waals surface area contributed by atoms with Crippen LogP contribution >= 0.6 is 0 Å². The smallest absolute Gasteiger partial charge is 0.135 e. The van der Waals surface area contributed by atoms with Crippen LogP contribution in [0.5, 0.6) is 0 Å². The molecule has 0 amide bonds. The summed E-state index contributed by atoms with van der Waals surface area (Å²) in [6.45, 7) is 1.86. The van der Waals surface area contributed by atoms with Crippen LogP contribution in [-0.2, 0) is 6.61 Å². The first-order chi connectivity index (χ1) is 7.29. The Kier molecular flexibility index (Phi) is 3.16. The summed E-state index contributed by atoms with van der Waals surface area (Å²) >= 11 is 0. The number of nitrogens with one attached hydrogen (secondary N) is 1. The Balaban J connectivity index is 2.14. The first-order valence-corrected chi connectivity index (χ1v) is 5.49. The number of aliphatic hydroxyl groups is 1. The van der Waals surface area contributed by atoms with Crippen molar-refractivity contribution in [3.63, 3.8) is 0 Å². The summed E-state index contributed by atoms with van der Waals surface area (Å²) in [5.74, 6) is 1.55. The highest BCUT2D eigenvalue weighted by Gasteiger charge is 2.16. The van der Waals surface area contributed by atoms with Gasteiger partial charge in [-0.05, 0) is 19.8 Å². The molecule has 1 heterocycles. The van der Waals surface area contributed by atoms with Crippen LogP contribution in [0.3, 0.4) is 0 Å². The van der Waals surface area contributed by atoms with Gasteiger partial charge in [0.25, 0.3) is 0 Å². The van der Waals surface area contributed by atoms with Crippen molar-refractivity contribution in [3.8, 4) is 0 Å². The summed E-state index contributed by atoms with van der Waals surface area (Å²) in [5.41, 5.74) is 0.785. The van der Waals surface area contributed by atoms with E-state index in [1.165, 1.54) is 25.7 Å². The number of anilines is 1. The molecular formula is C11H17N3O. The minimum Gasteiger partial charge on any atom is -0.391 e. The molecule has 1 aromatic heterocycles. The molecule has 82 valence electrons. The Morgan fingerprint density at radius 2 is 2.20 bits per heavy atom. The monoisotopic (exact) mass is 207 g/mol. The van der Waals surface area contributed by atoms with Crippen LogP contribution in [0.2, 0.25) is 0 Å². The largest absolute Gasteiger partial charge is 0.391 e. The lowest BCUT2D eigenvalue weighted by atomic mass is 10.2. The molecule has 0 spiro atoms. The molecule has 1 saturated carbocycles. The molecule has 0 saturated heterocycles. The van der Waals surface area contributed by atoms with Crippen LogP contribution in [0.1, 0.15) is 37.1 Å². The average molecular weight is 207 g/mol. The molecule has 1 aliphatic rings. The second kappa shape index (κ2) is 4.57. The number of nitrogens with zero attached hydrogens (tertiary/aromatic N) is 2. The summed E-state index contributed by atoms with van der Waals surface area (Å²) in [4.78, 5) is 8.40. The summed E-state index contributed by atoms with van der Waals surface area (Å²) in [6.07, 6.45) is 6.67. The highest BCUT2D eigenvalue weighted by Crippen LogP contribution is 2.22. The maximum atomic E-state index is 9.16. The second-order valence-corrected chi connectivity index (χ2v) is 4.07. The van der Waals surface area contributed by atoms with Crippen molar-refractivity contribution in [2.75, 3.05) is 5.32 Å². The molecule has 2 N–H and O–H groups in total. The molecule has 0 unspecified atom stereocenters. The average Bonchev–Trinajstić information content (AvgIpc) is 2.71. The third-order valence-corrected chi connectivity index (χ3v) is 2.85. The third-order valence-electron chi connectivity index (χ3n) is 2.85. The van der Waals surface area contributed by atoms with Crippen molar-refractivity contribution in [2.45, 2.75) is 45.3 Å². The normalized spacial score (nSPS) is 16.9. The molecule has 4 heteroatoms. The maximum Gasteiger partial charge on any atom is 0.135 e. The number of rotatable bonds is 3. The minimum atomic E-state index is -0.00463. The van der Waals surface area contributed by atoms with Gasteiger partial charge in [0.15, 0.2) is 0 Å². The molecule has 0 radical (unpaired) electrons. The van der Waals surface area contributed by atoms with Crippen LogP contribution < -0.4 is 5.32 Å². The zero-order valence-electron chi connectivity index (χ0n) is 9.03. The zero-order valence-corrected chi connectivity index (χ0v) is 9.03. The van der Waals surface area contributed by atoms with Crippen LogP contribution in [0, 0.1) is 6.92 Å². The highest BCUT2D eigenvalue weighted by atomic mass is 16.3. The van der Waals surface area contributed by atoms with E-state index in [1.54, 1.807) is 6.20 Å². The van der Waals surface area contributed by atoms with Gasteiger partial charge in [-0.2, -0.15) is 0 Å².